The molecule has 0 amide bonds. The molecular formula is C24H21NO3S. The number of carboxylic acid groups (broad SMARTS) is 1. The second-order valence-corrected chi connectivity index (χ2v) is 8.04. The highest BCUT2D eigenvalue weighted by atomic mass is 32.1. The molecule has 1 aliphatic rings. The monoisotopic (exact) mass is 403 g/mol. The molecule has 0 radical (unpaired) electrons. The number of aromatic carboxylic acids is 1. The van der Waals surface area contributed by atoms with Crippen molar-refractivity contribution >= 4 is 34.3 Å². The number of hydrogen-bond donors (Lipinski definition) is 1. The molecule has 1 N–H and O–H groups in total. The van der Waals surface area contributed by atoms with Gasteiger partial charge in [-0.3, -0.25) is 4.79 Å². The van der Waals surface area contributed by atoms with Crippen molar-refractivity contribution in [2.75, 3.05) is 18.0 Å². The molecule has 3 aromatic rings. The number of thiophene rings is 1. The van der Waals surface area contributed by atoms with E-state index in [1.165, 1.54) is 47.7 Å². The van der Waals surface area contributed by atoms with Gasteiger partial charge in [-0.05, 0) is 54.1 Å². The molecule has 0 spiro atoms. The predicted molar refractivity (Wildman–Crippen MR) is 118 cm³/mol. The van der Waals surface area contributed by atoms with E-state index in [-0.39, 0.29) is 11.3 Å². The van der Waals surface area contributed by atoms with E-state index in [4.69, 9.17) is 5.11 Å². The van der Waals surface area contributed by atoms with Crippen LogP contribution in [0.4, 0.5) is 5.69 Å². The van der Waals surface area contributed by atoms with Crippen molar-refractivity contribution < 1.29 is 14.7 Å². The SMILES string of the molecule is C=C(C(=O)c1ccc(C(=O)O)cc1)c1ccc(N2CCCC2)c(-c2cccs2)c1. The fraction of sp³-hybridized carbons (Fsp3) is 0.167. The topological polar surface area (TPSA) is 57.6 Å². The predicted octanol–water partition coefficient (Wildman–Crippen LogP) is 5.61. The Hall–Kier alpha value is -3.18. The van der Waals surface area contributed by atoms with Gasteiger partial charge < -0.3 is 10.0 Å². The molecule has 0 bridgehead atoms. The lowest BCUT2D eigenvalue weighted by Gasteiger charge is -2.22. The van der Waals surface area contributed by atoms with Gasteiger partial charge in [0.25, 0.3) is 0 Å². The van der Waals surface area contributed by atoms with Crippen LogP contribution < -0.4 is 4.90 Å². The number of rotatable bonds is 6. The minimum atomic E-state index is -1.01. The van der Waals surface area contributed by atoms with Crippen molar-refractivity contribution in [2.24, 2.45) is 0 Å². The molecule has 4 rings (SSSR count). The maximum absolute atomic E-state index is 12.9. The third kappa shape index (κ3) is 3.87. The molecule has 1 aliphatic heterocycles. The number of allylic oxidation sites excluding steroid dienone is 1. The summed E-state index contributed by atoms with van der Waals surface area (Å²) in [6, 6.07) is 16.2. The molecule has 5 heteroatoms. The number of carbonyl (C=O) groups excluding carboxylic acids is 1. The Bertz CT molecular complexity index is 1060. The lowest BCUT2D eigenvalue weighted by atomic mass is 9.95. The van der Waals surface area contributed by atoms with Crippen LogP contribution in [-0.4, -0.2) is 29.9 Å². The van der Waals surface area contributed by atoms with Gasteiger partial charge in [0, 0.05) is 40.4 Å². The van der Waals surface area contributed by atoms with Crippen LogP contribution in [0.5, 0.6) is 0 Å². The van der Waals surface area contributed by atoms with Gasteiger partial charge in [-0.1, -0.05) is 30.8 Å². The quantitative estimate of drug-likeness (QED) is 0.429. The summed E-state index contributed by atoms with van der Waals surface area (Å²) in [4.78, 5) is 27.5. The van der Waals surface area contributed by atoms with E-state index >= 15 is 0 Å². The first-order chi connectivity index (χ1) is 14.0. The zero-order valence-electron chi connectivity index (χ0n) is 15.9. The number of ketones is 1. The van der Waals surface area contributed by atoms with Crippen LogP contribution in [0.2, 0.25) is 0 Å². The molecule has 146 valence electrons. The van der Waals surface area contributed by atoms with Gasteiger partial charge in [0.1, 0.15) is 0 Å². The molecule has 0 unspecified atom stereocenters. The van der Waals surface area contributed by atoms with Crippen LogP contribution in [0.15, 0.2) is 66.6 Å². The first-order valence-electron chi connectivity index (χ1n) is 9.55. The van der Waals surface area contributed by atoms with Gasteiger partial charge in [0.05, 0.1) is 5.56 Å². The Morgan fingerprint density at radius 3 is 2.21 bits per heavy atom. The van der Waals surface area contributed by atoms with Gasteiger partial charge in [-0.2, -0.15) is 0 Å². The molecule has 0 saturated carbocycles. The van der Waals surface area contributed by atoms with E-state index < -0.39 is 5.97 Å². The standard InChI is InChI=1S/C24H21NO3S/c1-16(23(26)17-6-8-18(9-7-17)24(27)28)19-10-11-21(25-12-2-3-13-25)20(15-19)22-5-4-14-29-22/h4-11,14-15H,1-3,12-13H2,(H,27,28). The molecule has 0 aliphatic carbocycles. The molecule has 2 heterocycles. The van der Waals surface area contributed by atoms with Gasteiger partial charge in [0.15, 0.2) is 5.78 Å². The smallest absolute Gasteiger partial charge is 0.335 e. The molecular weight excluding hydrogens is 382 g/mol. The summed E-state index contributed by atoms with van der Waals surface area (Å²) in [7, 11) is 0. The van der Waals surface area contributed by atoms with E-state index in [9.17, 15) is 9.59 Å². The maximum atomic E-state index is 12.9. The minimum absolute atomic E-state index is 0.155. The lowest BCUT2D eigenvalue weighted by Crippen LogP contribution is -2.18. The number of Topliss-reactive ketones (excluding diaryl/α,β-unsaturated/α-hetero) is 1. The Morgan fingerprint density at radius 2 is 1.59 bits per heavy atom. The Kier molecular flexibility index (Phi) is 5.32. The first kappa shape index (κ1) is 19.2. The largest absolute Gasteiger partial charge is 0.478 e. The van der Waals surface area contributed by atoms with Gasteiger partial charge >= 0.3 is 5.97 Å². The number of nitrogens with zero attached hydrogens (tertiary/aromatic N) is 1. The van der Waals surface area contributed by atoms with Crippen LogP contribution in [0.3, 0.4) is 0 Å². The van der Waals surface area contributed by atoms with E-state index in [0.29, 0.717) is 11.1 Å². The zero-order valence-corrected chi connectivity index (χ0v) is 16.7. The van der Waals surface area contributed by atoms with Gasteiger partial charge in [-0.15, -0.1) is 11.3 Å². The average Bonchev–Trinajstić information content (AvgIpc) is 3.46. The molecule has 1 saturated heterocycles. The van der Waals surface area contributed by atoms with E-state index in [1.807, 2.05) is 18.2 Å². The molecule has 1 aromatic heterocycles. The maximum Gasteiger partial charge on any atom is 0.335 e. The Balaban J connectivity index is 1.67. The number of carbonyl (C=O) groups is 2. The number of hydrogen-bond acceptors (Lipinski definition) is 4. The van der Waals surface area contributed by atoms with Crippen molar-refractivity contribution in [3.05, 3.63) is 83.2 Å². The van der Waals surface area contributed by atoms with Crippen LogP contribution in [0.1, 0.15) is 39.1 Å². The normalized spacial score (nSPS) is 13.4. The number of carboxylic acids is 1. The fourth-order valence-electron chi connectivity index (χ4n) is 3.66. The second kappa shape index (κ2) is 8.05. The highest BCUT2D eigenvalue weighted by molar-refractivity contribution is 7.13. The second-order valence-electron chi connectivity index (χ2n) is 7.09. The molecule has 2 aromatic carbocycles. The first-order valence-corrected chi connectivity index (χ1v) is 10.4. The van der Waals surface area contributed by atoms with Crippen molar-refractivity contribution in [1.29, 1.82) is 0 Å². The number of benzene rings is 2. The average molecular weight is 404 g/mol. The fourth-order valence-corrected chi connectivity index (χ4v) is 4.41. The highest BCUT2D eigenvalue weighted by Crippen LogP contribution is 2.37. The van der Waals surface area contributed by atoms with Gasteiger partial charge in [0.2, 0.25) is 0 Å². The van der Waals surface area contributed by atoms with Crippen molar-refractivity contribution in [3.63, 3.8) is 0 Å². The van der Waals surface area contributed by atoms with E-state index in [2.05, 4.69) is 29.0 Å². The summed E-state index contributed by atoms with van der Waals surface area (Å²) >= 11 is 1.68. The van der Waals surface area contributed by atoms with E-state index in [0.717, 1.165) is 24.2 Å². The van der Waals surface area contributed by atoms with Crippen LogP contribution in [0.25, 0.3) is 16.0 Å². The Labute approximate surface area is 173 Å². The summed E-state index contributed by atoms with van der Waals surface area (Å²) in [5, 5.41) is 11.1. The van der Waals surface area contributed by atoms with Crippen molar-refractivity contribution in [1.82, 2.24) is 0 Å². The molecule has 4 nitrogen and oxygen atoms in total. The van der Waals surface area contributed by atoms with Crippen LogP contribution in [0, 0.1) is 0 Å². The third-order valence-corrected chi connectivity index (χ3v) is 6.15. The summed E-state index contributed by atoms with van der Waals surface area (Å²) in [6.45, 7) is 6.13. The third-order valence-electron chi connectivity index (χ3n) is 5.25. The summed E-state index contributed by atoms with van der Waals surface area (Å²) < 4.78 is 0. The van der Waals surface area contributed by atoms with E-state index in [1.54, 1.807) is 11.3 Å². The minimum Gasteiger partial charge on any atom is -0.478 e. The molecule has 0 atom stereocenters. The molecule has 1 fully saturated rings. The molecule has 29 heavy (non-hydrogen) atoms. The Morgan fingerprint density at radius 1 is 0.931 bits per heavy atom. The summed E-state index contributed by atoms with van der Waals surface area (Å²) in [5.41, 5.74) is 4.08. The summed E-state index contributed by atoms with van der Waals surface area (Å²) in [5.74, 6) is -1.21. The van der Waals surface area contributed by atoms with Crippen molar-refractivity contribution in [2.45, 2.75) is 12.8 Å². The van der Waals surface area contributed by atoms with Crippen molar-refractivity contribution in [3.8, 4) is 10.4 Å². The summed E-state index contributed by atoms with van der Waals surface area (Å²) in [6.07, 6.45) is 2.40. The zero-order chi connectivity index (χ0) is 20.4. The highest BCUT2D eigenvalue weighted by Gasteiger charge is 2.20. The number of anilines is 1. The van der Waals surface area contributed by atoms with Gasteiger partial charge in [-0.25, -0.2) is 4.79 Å². The van der Waals surface area contributed by atoms with Crippen LogP contribution >= 0.6 is 11.3 Å². The lowest BCUT2D eigenvalue weighted by molar-refractivity contribution is 0.0696. The van der Waals surface area contributed by atoms with Crippen LogP contribution in [-0.2, 0) is 0 Å².